The molecule has 0 saturated heterocycles. The fraction of sp³-hybridized carbons (Fsp3) is 0.238. The predicted octanol–water partition coefficient (Wildman–Crippen LogP) is 5.10. The van der Waals surface area contributed by atoms with Crippen LogP contribution in [0, 0.1) is 0 Å². The number of hydrogen-bond donors (Lipinski definition) is 0. The largest absolute Gasteiger partial charge is 0.355 e. The van der Waals surface area contributed by atoms with Crippen LogP contribution in [-0.2, 0) is 5.41 Å². The highest BCUT2D eigenvalue weighted by Crippen LogP contribution is 2.58. The van der Waals surface area contributed by atoms with Crippen LogP contribution in [0.1, 0.15) is 30.9 Å². The minimum absolute atomic E-state index is 0.115. The molecule has 2 aliphatic carbocycles. The molecule has 0 fully saturated rings. The molecule has 0 radical (unpaired) electrons. The van der Waals surface area contributed by atoms with Gasteiger partial charge in [-0.3, -0.25) is 0 Å². The summed E-state index contributed by atoms with van der Waals surface area (Å²) in [5.74, 6) is 0. The molecule has 0 N–H and O–H groups in total. The summed E-state index contributed by atoms with van der Waals surface area (Å²) in [5.41, 5.74) is 8.81. The van der Waals surface area contributed by atoms with E-state index in [0.717, 1.165) is 12.8 Å². The number of hydrogen-bond acceptors (Lipinski definition) is 1. The van der Waals surface area contributed by atoms with Crippen LogP contribution in [0.2, 0.25) is 0 Å². The van der Waals surface area contributed by atoms with Crippen molar-refractivity contribution in [1.29, 1.82) is 0 Å². The SMILES string of the molecule is C=CN(C)C1=C(C)CC2(C1)c1ccccc1-c1ccccc12. The summed E-state index contributed by atoms with van der Waals surface area (Å²) in [7, 11) is 2.11. The van der Waals surface area contributed by atoms with Gasteiger partial charge < -0.3 is 4.90 Å². The zero-order valence-electron chi connectivity index (χ0n) is 13.3. The van der Waals surface area contributed by atoms with Crippen LogP contribution in [0.4, 0.5) is 0 Å². The van der Waals surface area contributed by atoms with Crippen molar-refractivity contribution in [2.45, 2.75) is 25.2 Å². The van der Waals surface area contributed by atoms with Gasteiger partial charge in [0.05, 0.1) is 0 Å². The van der Waals surface area contributed by atoms with E-state index in [9.17, 15) is 0 Å². The predicted molar refractivity (Wildman–Crippen MR) is 92.6 cm³/mol. The highest BCUT2D eigenvalue weighted by Gasteiger charge is 2.47. The van der Waals surface area contributed by atoms with Gasteiger partial charge >= 0.3 is 0 Å². The molecular weight excluding hydrogens is 266 g/mol. The topological polar surface area (TPSA) is 3.24 Å². The molecule has 4 rings (SSSR count). The molecule has 1 heteroatoms. The molecule has 0 amide bonds. The molecule has 0 aromatic heterocycles. The molecule has 110 valence electrons. The van der Waals surface area contributed by atoms with Gasteiger partial charge in [0.15, 0.2) is 0 Å². The molecule has 0 heterocycles. The van der Waals surface area contributed by atoms with Crippen LogP contribution in [0.5, 0.6) is 0 Å². The minimum atomic E-state index is 0.115. The minimum Gasteiger partial charge on any atom is -0.355 e. The van der Waals surface area contributed by atoms with Gasteiger partial charge in [-0.25, -0.2) is 0 Å². The quantitative estimate of drug-likeness (QED) is 0.743. The second-order valence-electron chi connectivity index (χ2n) is 6.55. The summed E-state index contributed by atoms with van der Waals surface area (Å²) in [4.78, 5) is 2.19. The average molecular weight is 287 g/mol. The fourth-order valence-electron chi connectivity index (χ4n) is 4.39. The summed E-state index contributed by atoms with van der Waals surface area (Å²) in [6.45, 7) is 6.21. The van der Waals surface area contributed by atoms with E-state index < -0.39 is 0 Å². The molecule has 0 bridgehead atoms. The lowest BCUT2D eigenvalue weighted by molar-refractivity contribution is 0.488. The maximum Gasteiger partial charge on any atom is 0.0307 e. The first kappa shape index (κ1) is 13.4. The number of benzene rings is 2. The monoisotopic (exact) mass is 287 g/mol. The lowest BCUT2D eigenvalue weighted by Gasteiger charge is -2.28. The van der Waals surface area contributed by atoms with Gasteiger partial charge in [-0.2, -0.15) is 0 Å². The molecule has 0 atom stereocenters. The standard InChI is InChI=1S/C21H21N/c1-4-22(3)20-14-21(13-15(20)2)18-11-7-5-9-16(18)17-10-6-8-12-19(17)21/h4-12H,1,13-14H2,2-3H3. The van der Waals surface area contributed by atoms with Crippen LogP contribution in [0.15, 0.2) is 72.6 Å². The molecular formula is C21H21N. The Hall–Kier alpha value is -2.28. The van der Waals surface area contributed by atoms with Crippen LogP contribution >= 0.6 is 0 Å². The van der Waals surface area contributed by atoms with Gasteiger partial charge in [0.25, 0.3) is 0 Å². The summed E-state index contributed by atoms with van der Waals surface area (Å²) in [6.07, 6.45) is 4.09. The molecule has 0 saturated carbocycles. The van der Waals surface area contributed by atoms with Crippen LogP contribution in [-0.4, -0.2) is 11.9 Å². The van der Waals surface area contributed by atoms with Gasteiger partial charge in [-0.15, -0.1) is 0 Å². The maximum atomic E-state index is 3.94. The van der Waals surface area contributed by atoms with Crippen molar-refractivity contribution in [2.75, 3.05) is 7.05 Å². The molecule has 2 aromatic rings. The lowest BCUT2D eigenvalue weighted by Crippen LogP contribution is -2.23. The number of rotatable bonds is 2. The van der Waals surface area contributed by atoms with Crippen LogP contribution in [0.3, 0.4) is 0 Å². The fourth-order valence-corrected chi connectivity index (χ4v) is 4.39. The first-order valence-electron chi connectivity index (χ1n) is 7.91. The Balaban J connectivity index is 1.92. The molecule has 2 aliphatic rings. The first-order chi connectivity index (χ1) is 10.7. The maximum absolute atomic E-state index is 3.94. The van der Waals surface area contributed by atoms with Gasteiger partial charge in [-0.05, 0) is 41.8 Å². The highest BCUT2D eigenvalue weighted by molar-refractivity contribution is 5.82. The summed E-state index contributed by atoms with van der Waals surface area (Å²) in [5, 5.41) is 0. The zero-order chi connectivity index (χ0) is 15.3. The summed E-state index contributed by atoms with van der Waals surface area (Å²) >= 11 is 0. The van der Waals surface area contributed by atoms with E-state index in [4.69, 9.17) is 0 Å². The van der Waals surface area contributed by atoms with Crippen molar-refractivity contribution in [3.63, 3.8) is 0 Å². The van der Waals surface area contributed by atoms with Crippen LogP contribution < -0.4 is 0 Å². The van der Waals surface area contributed by atoms with E-state index in [0.29, 0.717) is 0 Å². The normalized spacial score (nSPS) is 17.5. The van der Waals surface area contributed by atoms with Gasteiger partial charge in [0.1, 0.15) is 0 Å². The third kappa shape index (κ3) is 1.60. The lowest BCUT2D eigenvalue weighted by atomic mass is 9.75. The Morgan fingerprint density at radius 3 is 2.05 bits per heavy atom. The molecule has 0 aliphatic heterocycles. The van der Waals surface area contributed by atoms with E-state index in [2.05, 4.69) is 74.0 Å². The molecule has 2 aromatic carbocycles. The Morgan fingerprint density at radius 2 is 1.50 bits per heavy atom. The van der Waals surface area contributed by atoms with Gasteiger partial charge in [0, 0.05) is 24.6 Å². The number of allylic oxidation sites excluding steroid dienone is 2. The van der Waals surface area contributed by atoms with Crippen molar-refractivity contribution in [3.8, 4) is 11.1 Å². The number of fused-ring (bicyclic) bond motifs is 5. The Morgan fingerprint density at radius 1 is 0.955 bits per heavy atom. The summed E-state index contributed by atoms with van der Waals surface area (Å²) < 4.78 is 0. The number of nitrogens with zero attached hydrogens (tertiary/aromatic N) is 1. The Labute approximate surface area is 132 Å². The Bertz CT molecular complexity index is 752. The van der Waals surface area contributed by atoms with Gasteiger partial charge in [0.2, 0.25) is 0 Å². The third-order valence-corrected chi connectivity index (χ3v) is 5.40. The van der Waals surface area contributed by atoms with Crippen molar-refractivity contribution >= 4 is 0 Å². The second kappa shape index (κ2) is 4.61. The van der Waals surface area contributed by atoms with E-state index in [1.807, 2.05) is 6.20 Å². The average Bonchev–Trinajstić information content (AvgIpc) is 3.05. The molecule has 0 unspecified atom stereocenters. The van der Waals surface area contributed by atoms with E-state index in [1.165, 1.54) is 33.5 Å². The smallest absolute Gasteiger partial charge is 0.0307 e. The van der Waals surface area contributed by atoms with E-state index in [-0.39, 0.29) is 5.41 Å². The van der Waals surface area contributed by atoms with Crippen molar-refractivity contribution in [1.82, 2.24) is 4.90 Å². The summed E-state index contributed by atoms with van der Waals surface area (Å²) in [6, 6.07) is 17.8. The molecule has 22 heavy (non-hydrogen) atoms. The van der Waals surface area contributed by atoms with E-state index in [1.54, 1.807) is 0 Å². The van der Waals surface area contributed by atoms with Gasteiger partial charge in [-0.1, -0.05) is 60.7 Å². The van der Waals surface area contributed by atoms with E-state index >= 15 is 0 Å². The van der Waals surface area contributed by atoms with Crippen molar-refractivity contribution < 1.29 is 0 Å². The van der Waals surface area contributed by atoms with Crippen molar-refractivity contribution in [2.24, 2.45) is 0 Å². The third-order valence-electron chi connectivity index (χ3n) is 5.40. The van der Waals surface area contributed by atoms with Crippen molar-refractivity contribution in [3.05, 3.63) is 83.7 Å². The highest BCUT2D eigenvalue weighted by atomic mass is 15.1. The second-order valence-corrected chi connectivity index (χ2v) is 6.55. The zero-order valence-corrected chi connectivity index (χ0v) is 13.3. The van der Waals surface area contributed by atoms with Crippen LogP contribution in [0.25, 0.3) is 11.1 Å². The molecule has 1 nitrogen and oxygen atoms in total. The molecule has 1 spiro atoms. The first-order valence-corrected chi connectivity index (χ1v) is 7.91. The Kier molecular flexibility index (Phi) is 2.80.